The summed E-state index contributed by atoms with van der Waals surface area (Å²) in [6.07, 6.45) is 1.26. The van der Waals surface area contributed by atoms with Crippen LogP contribution in [0.5, 0.6) is 5.75 Å². The number of aliphatic hydroxyl groups is 1. The summed E-state index contributed by atoms with van der Waals surface area (Å²) in [6.45, 7) is 1.75. The molecule has 2 rings (SSSR count). The number of aromatic nitrogens is 1. The van der Waals surface area contributed by atoms with Gasteiger partial charge in [0, 0.05) is 13.3 Å². The maximum atomic E-state index is 10.0. The van der Waals surface area contributed by atoms with Gasteiger partial charge in [-0.25, -0.2) is 4.98 Å². The average molecular weight is 233 g/mol. The van der Waals surface area contributed by atoms with E-state index in [-0.39, 0.29) is 0 Å². The Hall–Kier alpha value is -1.81. The molecule has 4 nitrogen and oxygen atoms in total. The van der Waals surface area contributed by atoms with Crippen LogP contribution in [-0.2, 0) is 6.42 Å². The van der Waals surface area contributed by atoms with E-state index in [1.54, 1.807) is 14.0 Å². The van der Waals surface area contributed by atoms with Crippen LogP contribution in [0.4, 0.5) is 0 Å². The molecular weight excluding hydrogens is 218 g/mol. The lowest BCUT2D eigenvalue weighted by molar-refractivity contribution is 0.172. The van der Waals surface area contributed by atoms with Gasteiger partial charge in [-0.15, -0.1) is 0 Å². The number of aliphatic hydroxyl groups excluding tert-OH is 1. The number of oxazole rings is 1. The van der Waals surface area contributed by atoms with E-state index in [2.05, 4.69) is 4.98 Å². The summed E-state index contributed by atoms with van der Waals surface area (Å²) in [5, 5.41) is 10.0. The van der Waals surface area contributed by atoms with E-state index in [4.69, 9.17) is 9.15 Å². The number of benzene rings is 1. The van der Waals surface area contributed by atoms with Crippen LogP contribution >= 0.6 is 0 Å². The summed E-state index contributed by atoms with van der Waals surface area (Å²) in [6, 6.07) is 7.61. The summed E-state index contributed by atoms with van der Waals surface area (Å²) in [7, 11) is 1.62. The molecule has 90 valence electrons. The first-order valence-corrected chi connectivity index (χ1v) is 5.42. The molecule has 1 unspecified atom stereocenters. The minimum Gasteiger partial charge on any atom is -0.496 e. The third kappa shape index (κ3) is 2.65. The molecular formula is C13H15NO3. The zero-order valence-electron chi connectivity index (χ0n) is 9.88. The summed E-state index contributed by atoms with van der Waals surface area (Å²) in [5.41, 5.74) is 1.50. The van der Waals surface area contributed by atoms with Crippen LogP contribution in [0.2, 0.25) is 0 Å². The molecule has 2 aromatic rings. The zero-order chi connectivity index (χ0) is 12.3. The van der Waals surface area contributed by atoms with E-state index in [0.717, 1.165) is 11.3 Å². The van der Waals surface area contributed by atoms with Gasteiger partial charge in [0.05, 0.1) is 7.11 Å². The van der Waals surface area contributed by atoms with Gasteiger partial charge in [0.2, 0.25) is 0 Å². The lowest BCUT2D eigenvalue weighted by Crippen LogP contribution is -2.03. The van der Waals surface area contributed by atoms with Gasteiger partial charge in [-0.2, -0.15) is 0 Å². The number of hydrogen-bond donors (Lipinski definition) is 1. The van der Waals surface area contributed by atoms with Crippen molar-refractivity contribution < 1.29 is 14.3 Å². The number of rotatable bonds is 4. The number of ether oxygens (including phenoxy) is 1. The second-order valence-corrected chi connectivity index (χ2v) is 3.82. The normalized spacial score (nSPS) is 12.4. The fourth-order valence-corrected chi connectivity index (χ4v) is 1.72. The molecule has 0 saturated heterocycles. The Bertz CT molecular complexity index is 493. The van der Waals surface area contributed by atoms with Crippen molar-refractivity contribution in [3.63, 3.8) is 0 Å². The van der Waals surface area contributed by atoms with E-state index in [1.807, 2.05) is 24.3 Å². The zero-order valence-corrected chi connectivity index (χ0v) is 9.88. The first-order chi connectivity index (χ1) is 8.20. The maximum absolute atomic E-state index is 10.0. The third-order valence-corrected chi connectivity index (χ3v) is 2.58. The Morgan fingerprint density at radius 3 is 2.82 bits per heavy atom. The summed E-state index contributed by atoms with van der Waals surface area (Å²) in [5.74, 6) is 1.32. The molecule has 1 atom stereocenters. The lowest BCUT2D eigenvalue weighted by atomic mass is 10.1. The van der Waals surface area contributed by atoms with Crippen LogP contribution in [0, 0.1) is 6.92 Å². The van der Waals surface area contributed by atoms with Crippen molar-refractivity contribution >= 4 is 0 Å². The first kappa shape index (κ1) is 11.7. The highest BCUT2D eigenvalue weighted by Gasteiger charge is 2.14. The van der Waals surface area contributed by atoms with Gasteiger partial charge in [0.25, 0.3) is 0 Å². The molecule has 0 aliphatic carbocycles. The largest absolute Gasteiger partial charge is 0.496 e. The van der Waals surface area contributed by atoms with E-state index in [0.29, 0.717) is 18.0 Å². The predicted octanol–water partition coefficient (Wildman–Crippen LogP) is 2.27. The fourth-order valence-electron chi connectivity index (χ4n) is 1.72. The quantitative estimate of drug-likeness (QED) is 0.880. The first-order valence-electron chi connectivity index (χ1n) is 5.42. The second kappa shape index (κ2) is 5.01. The van der Waals surface area contributed by atoms with Crippen molar-refractivity contribution in [3.05, 3.63) is 47.7 Å². The number of methoxy groups -OCH3 is 1. The van der Waals surface area contributed by atoms with Crippen molar-refractivity contribution in [1.29, 1.82) is 0 Å². The Kier molecular flexibility index (Phi) is 3.44. The fraction of sp³-hybridized carbons (Fsp3) is 0.308. The van der Waals surface area contributed by atoms with Gasteiger partial charge >= 0.3 is 0 Å². The van der Waals surface area contributed by atoms with Crippen molar-refractivity contribution in [3.8, 4) is 5.75 Å². The minimum atomic E-state index is -0.677. The molecule has 0 fully saturated rings. The van der Waals surface area contributed by atoms with Crippen molar-refractivity contribution in [2.45, 2.75) is 19.4 Å². The van der Waals surface area contributed by atoms with Crippen LogP contribution in [0.1, 0.15) is 23.3 Å². The standard InChI is InChI=1S/C13H15NO3/c1-9-14-11(8-17-9)12(15)7-10-5-3-4-6-13(10)16-2/h3-6,8,12,15H,7H2,1-2H3. The lowest BCUT2D eigenvalue weighted by Gasteiger charge is -2.11. The number of para-hydroxylation sites is 1. The SMILES string of the molecule is COc1ccccc1CC(O)c1coc(C)n1. The molecule has 4 heteroatoms. The van der Waals surface area contributed by atoms with E-state index in [1.165, 1.54) is 6.26 Å². The molecule has 1 aromatic carbocycles. The van der Waals surface area contributed by atoms with Crippen LogP contribution < -0.4 is 4.74 Å². The Labute approximate surface area is 99.9 Å². The average Bonchev–Trinajstić information content (AvgIpc) is 2.77. The molecule has 0 aliphatic rings. The number of aryl methyl sites for hydroxylation is 1. The van der Waals surface area contributed by atoms with Gasteiger partial charge in [-0.05, 0) is 11.6 Å². The Morgan fingerprint density at radius 2 is 2.18 bits per heavy atom. The van der Waals surface area contributed by atoms with Crippen LogP contribution in [0.15, 0.2) is 34.9 Å². The topological polar surface area (TPSA) is 55.5 Å². The summed E-state index contributed by atoms with van der Waals surface area (Å²) in [4.78, 5) is 4.10. The molecule has 0 radical (unpaired) electrons. The molecule has 0 saturated carbocycles. The maximum Gasteiger partial charge on any atom is 0.191 e. The predicted molar refractivity (Wildman–Crippen MR) is 62.9 cm³/mol. The van der Waals surface area contributed by atoms with Crippen LogP contribution in [0.25, 0.3) is 0 Å². The van der Waals surface area contributed by atoms with Gasteiger partial charge in [-0.1, -0.05) is 18.2 Å². The molecule has 0 aliphatic heterocycles. The van der Waals surface area contributed by atoms with Gasteiger partial charge in [0.15, 0.2) is 5.89 Å². The molecule has 17 heavy (non-hydrogen) atoms. The van der Waals surface area contributed by atoms with Crippen LogP contribution in [-0.4, -0.2) is 17.2 Å². The van der Waals surface area contributed by atoms with Gasteiger partial charge in [-0.3, -0.25) is 0 Å². The highest BCUT2D eigenvalue weighted by Crippen LogP contribution is 2.24. The van der Waals surface area contributed by atoms with Crippen molar-refractivity contribution in [2.75, 3.05) is 7.11 Å². The van der Waals surface area contributed by atoms with Crippen LogP contribution in [0.3, 0.4) is 0 Å². The van der Waals surface area contributed by atoms with Gasteiger partial charge < -0.3 is 14.3 Å². The summed E-state index contributed by atoms with van der Waals surface area (Å²) >= 11 is 0. The highest BCUT2D eigenvalue weighted by atomic mass is 16.5. The van der Waals surface area contributed by atoms with Crippen molar-refractivity contribution in [1.82, 2.24) is 4.98 Å². The van der Waals surface area contributed by atoms with E-state index in [9.17, 15) is 5.11 Å². The highest BCUT2D eigenvalue weighted by molar-refractivity contribution is 5.34. The summed E-state index contributed by atoms with van der Waals surface area (Å²) < 4.78 is 10.3. The molecule has 1 heterocycles. The van der Waals surface area contributed by atoms with Crippen molar-refractivity contribution in [2.24, 2.45) is 0 Å². The minimum absolute atomic E-state index is 0.454. The monoisotopic (exact) mass is 233 g/mol. The molecule has 0 amide bonds. The Morgan fingerprint density at radius 1 is 1.41 bits per heavy atom. The second-order valence-electron chi connectivity index (χ2n) is 3.82. The van der Waals surface area contributed by atoms with E-state index >= 15 is 0 Å². The Balaban J connectivity index is 2.15. The number of nitrogens with zero attached hydrogens (tertiary/aromatic N) is 1. The molecule has 1 N–H and O–H groups in total. The molecule has 0 bridgehead atoms. The number of hydrogen-bond acceptors (Lipinski definition) is 4. The third-order valence-electron chi connectivity index (χ3n) is 2.58. The van der Waals surface area contributed by atoms with E-state index < -0.39 is 6.10 Å². The molecule has 1 aromatic heterocycles. The van der Waals surface area contributed by atoms with Gasteiger partial charge in [0.1, 0.15) is 23.8 Å². The smallest absolute Gasteiger partial charge is 0.191 e. The molecule has 0 spiro atoms.